The molecule has 1 aromatic heterocycles. The van der Waals surface area contributed by atoms with Gasteiger partial charge in [0.05, 0.1) is 10.6 Å². The molecule has 8 heteroatoms. The molecule has 0 unspecified atom stereocenters. The van der Waals surface area contributed by atoms with Crippen molar-refractivity contribution in [2.45, 2.75) is 18.4 Å². The minimum Gasteiger partial charge on any atom is -0.347 e. The van der Waals surface area contributed by atoms with Crippen LogP contribution >= 0.6 is 0 Å². The summed E-state index contributed by atoms with van der Waals surface area (Å²) >= 11 is 0. The number of aromatic nitrogens is 1. The second-order valence-corrected chi connectivity index (χ2v) is 6.20. The molecule has 0 fully saturated rings. The van der Waals surface area contributed by atoms with Crippen LogP contribution < -0.4 is 10.5 Å². The number of amides is 1. The van der Waals surface area contributed by atoms with E-state index >= 15 is 0 Å². The number of nitrogens with one attached hydrogen (secondary N) is 1. The van der Waals surface area contributed by atoms with Crippen molar-refractivity contribution in [2.24, 2.45) is 5.14 Å². The van der Waals surface area contributed by atoms with E-state index in [0.29, 0.717) is 5.56 Å². The normalized spacial score (nSPS) is 11.2. The number of benzene rings is 1. The first-order valence-electron chi connectivity index (χ1n) is 6.30. The van der Waals surface area contributed by atoms with E-state index in [4.69, 9.17) is 5.14 Å². The Kier molecular flexibility index (Phi) is 4.53. The Balaban J connectivity index is 2.03. The largest absolute Gasteiger partial charge is 0.347 e. The van der Waals surface area contributed by atoms with Crippen molar-refractivity contribution in [3.8, 4) is 0 Å². The minimum atomic E-state index is -3.74. The molecule has 0 spiro atoms. The summed E-state index contributed by atoms with van der Waals surface area (Å²) in [6.45, 7) is 1.65. The summed E-state index contributed by atoms with van der Waals surface area (Å²) in [6, 6.07) is 8.28. The Morgan fingerprint density at radius 1 is 1.23 bits per heavy atom. The Labute approximate surface area is 127 Å². The Morgan fingerprint density at radius 3 is 2.41 bits per heavy atom. The molecule has 2 rings (SSSR count). The Morgan fingerprint density at radius 2 is 1.86 bits per heavy atom. The molecule has 0 aliphatic rings. The molecule has 1 amide bonds. The molecule has 1 aromatic carbocycles. The van der Waals surface area contributed by atoms with Gasteiger partial charge in [0.25, 0.3) is 5.91 Å². The predicted octanol–water partition coefficient (Wildman–Crippen LogP) is 1.11. The third kappa shape index (κ3) is 3.86. The van der Waals surface area contributed by atoms with Crippen molar-refractivity contribution < 1.29 is 17.6 Å². The molecule has 3 N–H and O–H groups in total. The van der Waals surface area contributed by atoms with Crippen molar-refractivity contribution in [1.29, 1.82) is 0 Å². The summed E-state index contributed by atoms with van der Waals surface area (Å²) < 4.78 is 35.3. The standard InChI is InChI=1S/C14H14FN3O3S/c1-9-12(15)6-7-13(18-9)14(19)17-8-10-2-4-11(5-3-10)22(16,20)21/h2-7H,8H2,1H3,(H,17,19)(H2,16,20,21). The van der Waals surface area contributed by atoms with Gasteiger partial charge in [0, 0.05) is 6.54 Å². The predicted molar refractivity (Wildman–Crippen MR) is 77.9 cm³/mol. The monoisotopic (exact) mass is 323 g/mol. The zero-order chi connectivity index (χ0) is 16.3. The molecule has 116 valence electrons. The molecule has 2 aromatic rings. The molecule has 0 radical (unpaired) electrons. The first-order chi connectivity index (χ1) is 10.3. The molecule has 0 aliphatic heterocycles. The van der Waals surface area contributed by atoms with Gasteiger partial charge in [-0.1, -0.05) is 12.1 Å². The maximum atomic E-state index is 13.1. The number of rotatable bonds is 4. The molecule has 22 heavy (non-hydrogen) atoms. The third-order valence-corrected chi connectivity index (χ3v) is 3.89. The van der Waals surface area contributed by atoms with Crippen LogP contribution in [0.25, 0.3) is 0 Å². The first-order valence-corrected chi connectivity index (χ1v) is 7.85. The van der Waals surface area contributed by atoms with Crippen LogP contribution in [0.1, 0.15) is 21.7 Å². The van der Waals surface area contributed by atoms with Crippen molar-refractivity contribution in [3.05, 3.63) is 59.2 Å². The van der Waals surface area contributed by atoms with E-state index in [2.05, 4.69) is 10.3 Å². The number of nitrogens with zero attached hydrogens (tertiary/aromatic N) is 1. The molecule has 0 bridgehead atoms. The molecular weight excluding hydrogens is 309 g/mol. The number of carbonyl (C=O) groups excluding carboxylic acids is 1. The van der Waals surface area contributed by atoms with Crippen LogP contribution in [0, 0.1) is 12.7 Å². The van der Waals surface area contributed by atoms with E-state index in [1.54, 1.807) is 12.1 Å². The van der Waals surface area contributed by atoms with Gasteiger partial charge in [0.1, 0.15) is 11.5 Å². The van der Waals surface area contributed by atoms with Crippen LogP contribution in [0.4, 0.5) is 4.39 Å². The number of sulfonamides is 1. The molecule has 0 saturated heterocycles. The smallest absolute Gasteiger partial charge is 0.270 e. The van der Waals surface area contributed by atoms with E-state index in [1.165, 1.54) is 31.2 Å². The number of pyridine rings is 1. The van der Waals surface area contributed by atoms with Crippen LogP contribution in [0.5, 0.6) is 0 Å². The minimum absolute atomic E-state index is 0.00148. The summed E-state index contributed by atoms with van der Waals surface area (Å²) in [6.07, 6.45) is 0. The van der Waals surface area contributed by atoms with E-state index in [9.17, 15) is 17.6 Å². The second-order valence-electron chi connectivity index (χ2n) is 4.64. The number of hydrogen-bond acceptors (Lipinski definition) is 4. The zero-order valence-corrected chi connectivity index (χ0v) is 12.5. The maximum Gasteiger partial charge on any atom is 0.270 e. The summed E-state index contributed by atoms with van der Waals surface area (Å²) in [5, 5.41) is 7.61. The molecule has 0 aliphatic carbocycles. The van der Waals surface area contributed by atoms with E-state index in [-0.39, 0.29) is 22.8 Å². The molecule has 0 saturated carbocycles. The summed E-state index contributed by atoms with van der Waals surface area (Å²) in [7, 11) is -3.74. The zero-order valence-electron chi connectivity index (χ0n) is 11.7. The van der Waals surface area contributed by atoms with Crippen molar-refractivity contribution >= 4 is 15.9 Å². The van der Waals surface area contributed by atoms with Gasteiger partial charge in [-0.15, -0.1) is 0 Å². The average molecular weight is 323 g/mol. The fraction of sp³-hybridized carbons (Fsp3) is 0.143. The van der Waals surface area contributed by atoms with Crippen LogP contribution in [-0.2, 0) is 16.6 Å². The number of aryl methyl sites for hydroxylation is 1. The number of nitrogens with two attached hydrogens (primary N) is 1. The molecule has 1 heterocycles. The lowest BCUT2D eigenvalue weighted by atomic mass is 10.2. The van der Waals surface area contributed by atoms with Gasteiger partial charge in [-0.05, 0) is 36.8 Å². The third-order valence-electron chi connectivity index (χ3n) is 2.96. The maximum absolute atomic E-state index is 13.1. The van der Waals surface area contributed by atoms with Gasteiger partial charge in [-0.3, -0.25) is 4.79 Å². The fourth-order valence-electron chi connectivity index (χ4n) is 1.74. The van der Waals surface area contributed by atoms with Crippen LogP contribution in [0.3, 0.4) is 0 Å². The highest BCUT2D eigenvalue weighted by atomic mass is 32.2. The lowest BCUT2D eigenvalue weighted by Crippen LogP contribution is -2.24. The van der Waals surface area contributed by atoms with Crippen molar-refractivity contribution in [1.82, 2.24) is 10.3 Å². The molecule has 0 atom stereocenters. The number of primary sulfonamides is 1. The lowest BCUT2D eigenvalue weighted by molar-refractivity contribution is 0.0945. The van der Waals surface area contributed by atoms with Crippen LogP contribution in [0.15, 0.2) is 41.3 Å². The van der Waals surface area contributed by atoms with Gasteiger partial charge in [0.15, 0.2) is 0 Å². The molecular formula is C14H14FN3O3S. The van der Waals surface area contributed by atoms with Gasteiger partial charge in [-0.25, -0.2) is 22.9 Å². The SMILES string of the molecule is Cc1nc(C(=O)NCc2ccc(S(N)(=O)=O)cc2)ccc1F. The number of hydrogen-bond donors (Lipinski definition) is 2. The first kappa shape index (κ1) is 16.1. The lowest BCUT2D eigenvalue weighted by Gasteiger charge is -2.06. The van der Waals surface area contributed by atoms with Crippen molar-refractivity contribution in [3.63, 3.8) is 0 Å². The van der Waals surface area contributed by atoms with Gasteiger partial charge < -0.3 is 5.32 Å². The highest BCUT2D eigenvalue weighted by Gasteiger charge is 2.10. The highest BCUT2D eigenvalue weighted by molar-refractivity contribution is 7.89. The summed E-state index contributed by atoms with van der Waals surface area (Å²) in [5.41, 5.74) is 0.949. The van der Waals surface area contributed by atoms with E-state index in [0.717, 1.165) is 0 Å². The van der Waals surface area contributed by atoms with Crippen LogP contribution in [0.2, 0.25) is 0 Å². The van der Waals surface area contributed by atoms with E-state index < -0.39 is 21.7 Å². The quantitative estimate of drug-likeness (QED) is 0.879. The average Bonchev–Trinajstić information content (AvgIpc) is 2.47. The number of carbonyl (C=O) groups is 1. The fourth-order valence-corrected chi connectivity index (χ4v) is 2.26. The van der Waals surface area contributed by atoms with Gasteiger partial charge >= 0.3 is 0 Å². The highest BCUT2D eigenvalue weighted by Crippen LogP contribution is 2.09. The van der Waals surface area contributed by atoms with Gasteiger partial charge in [-0.2, -0.15) is 0 Å². The van der Waals surface area contributed by atoms with E-state index in [1.807, 2.05) is 0 Å². The summed E-state index contributed by atoms with van der Waals surface area (Å²) in [5.74, 6) is -0.922. The Hall–Kier alpha value is -2.32. The van der Waals surface area contributed by atoms with Crippen LogP contribution in [-0.4, -0.2) is 19.3 Å². The van der Waals surface area contributed by atoms with Gasteiger partial charge in [0.2, 0.25) is 10.0 Å². The topological polar surface area (TPSA) is 102 Å². The molecule has 6 nitrogen and oxygen atoms in total. The second kappa shape index (κ2) is 6.20. The Bertz CT molecular complexity index is 805. The van der Waals surface area contributed by atoms with Crippen molar-refractivity contribution in [2.75, 3.05) is 0 Å². The number of halogens is 1. The summed E-state index contributed by atoms with van der Waals surface area (Å²) in [4.78, 5) is 15.7.